The third-order valence-electron chi connectivity index (χ3n) is 4.63. The van der Waals surface area contributed by atoms with Crippen LogP contribution < -0.4 is 0 Å². The number of fused-ring (bicyclic) bond motifs is 5. The topological polar surface area (TPSA) is 12.5 Å². The maximum Gasteiger partial charge on any atom is 0.0908 e. The Hall–Kier alpha value is -1.12. The molecule has 1 aromatic rings. The van der Waals surface area contributed by atoms with Gasteiger partial charge in [-0.25, -0.2) is 0 Å². The van der Waals surface area contributed by atoms with Gasteiger partial charge < -0.3 is 0 Å². The van der Waals surface area contributed by atoms with E-state index in [1.165, 1.54) is 12.0 Å². The van der Waals surface area contributed by atoms with Crippen molar-refractivity contribution in [1.29, 1.82) is 0 Å². The van der Waals surface area contributed by atoms with Crippen molar-refractivity contribution in [2.24, 2.45) is 17.8 Å². The summed E-state index contributed by atoms with van der Waals surface area (Å²) in [5.74, 6) is 2.03. The summed E-state index contributed by atoms with van der Waals surface area (Å²) in [7, 11) is 2.08. The van der Waals surface area contributed by atoms with E-state index in [0.717, 1.165) is 5.92 Å². The summed E-state index contributed by atoms with van der Waals surface area (Å²) in [6.45, 7) is 0. The lowest BCUT2D eigenvalue weighted by molar-refractivity contribution is -0.152. The smallest absolute Gasteiger partial charge is 0.0908 e. The Morgan fingerprint density at radius 1 is 1.12 bits per heavy atom. The zero-order chi connectivity index (χ0) is 11.4. The first kappa shape index (κ1) is 9.86. The van der Waals surface area contributed by atoms with E-state index >= 15 is 0 Å². The van der Waals surface area contributed by atoms with E-state index in [9.17, 15) is 0 Å². The third kappa shape index (κ3) is 1.28. The summed E-state index contributed by atoms with van der Waals surface area (Å²) in [6.07, 6.45) is 6.48. The minimum absolute atomic E-state index is 0.417. The fourth-order valence-electron chi connectivity index (χ4n) is 3.96. The van der Waals surface area contributed by atoms with Gasteiger partial charge in [-0.05, 0) is 17.9 Å². The highest BCUT2D eigenvalue weighted by atomic mass is 16.7. The maximum absolute atomic E-state index is 6.07. The van der Waals surface area contributed by atoms with Crippen LogP contribution in [-0.4, -0.2) is 18.2 Å². The predicted octanol–water partition coefficient (Wildman–Crippen LogP) is 2.80. The number of hydrogen-bond donors (Lipinski definition) is 0. The van der Waals surface area contributed by atoms with Crippen LogP contribution in [0.15, 0.2) is 42.5 Å². The van der Waals surface area contributed by atoms with Crippen molar-refractivity contribution in [3.63, 3.8) is 0 Å². The van der Waals surface area contributed by atoms with Gasteiger partial charge in [0.25, 0.3) is 0 Å². The second-order valence-electron chi connectivity index (χ2n) is 5.50. The van der Waals surface area contributed by atoms with Gasteiger partial charge in [-0.15, -0.1) is 0 Å². The molecule has 5 atom stereocenters. The number of hydroxylamine groups is 2. The van der Waals surface area contributed by atoms with Crippen molar-refractivity contribution in [2.45, 2.75) is 18.6 Å². The predicted molar refractivity (Wildman–Crippen MR) is 66.0 cm³/mol. The standard InChI is InChI=1S/C15H17NO/c1-16-14(10-5-3-2-4-6-10)13-11-7-8-12(9-11)15(13)17-16/h2-8,11-15H,9H2,1H3/t11-,12-,13+,14+,15+/m0/s1. The van der Waals surface area contributed by atoms with Crippen molar-refractivity contribution in [3.8, 4) is 0 Å². The monoisotopic (exact) mass is 227 g/mol. The summed E-state index contributed by atoms with van der Waals surface area (Å²) in [5.41, 5.74) is 1.39. The molecule has 0 unspecified atom stereocenters. The van der Waals surface area contributed by atoms with Crippen LogP contribution in [0.2, 0.25) is 0 Å². The molecule has 88 valence electrons. The Bertz CT molecular complexity index is 455. The summed E-state index contributed by atoms with van der Waals surface area (Å²) < 4.78 is 0. The van der Waals surface area contributed by atoms with Crippen molar-refractivity contribution < 1.29 is 4.84 Å². The molecule has 1 aliphatic heterocycles. The van der Waals surface area contributed by atoms with E-state index in [1.807, 2.05) is 0 Å². The highest BCUT2D eigenvalue weighted by molar-refractivity contribution is 5.26. The average molecular weight is 227 g/mol. The summed E-state index contributed by atoms with van der Waals surface area (Å²) in [4.78, 5) is 6.07. The first-order valence-electron chi connectivity index (χ1n) is 6.47. The van der Waals surface area contributed by atoms with Gasteiger partial charge in [0.05, 0.1) is 12.1 Å². The zero-order valence-electron chi connectivity index (χ0n) is 9.99. The molecule has 1 heterocycles. The molecule has 1 aromatic carbocycles. The van der Waals surface area contributed by atoms with E-state index in [4.69, 9.17) is 4.84 Å². The van der Waals surface area contributed by atoms with Crippen LogP contribution in [0.1, 0.15) is 18.0 Å². The Morgan fingerprint density at radius 2 is 1.88 bits per heavy atom. The summed E-state index contributed by atoms with van der Waals surface area (Å²) in [5, 5.41) is 2.08. The van der Waals surface area contributed by atoms with Crippen molar-refractivity contribution >= 4 is 0 Å². The molecule has 17 heavy (non-hydrogen) atoms. The molecule has 0 spiro atoms. The van der Waals surface area contributed by atoms with E-state index in [-0.39, 0.29) is 0 Å². The van der Waals surface area contributed by atoms with Crippen LogP contribution >= 0.6 is 0 Å². The lowest BCUT2D eigenvalue weighted by Gasteiger charge is -2.25. The van der Waals surface area contributed by atoms with Crippen LogP contribution in [0.25, 0.3) is 0 Å². The number of nitrogens with zero attached hydrogens (tertiary/aromatic N) is 1. The van der Waals surface area contributed by atoms with Gasteiger partial charge >= 0.3 is 0 Å². The number of benzene rings is 1. The van der Waals surface area contributed by atoms with Gasteiger partial charge in [-0.3, -0.25) is 4.84 Å². The molecule has 2 heteroatoms. The van der Waals surface area contributed by atoms with Gasteiger partial charge in [0.1, 0.15) is 0 Å². The molecule has 2 bridgehead atoms. The van der Waals surface area contributed by atoms with Crippen LogP contribution in [0, 0.1) is 17.8 Å². The first-order chi connectivity index (χ1) is 8.34. The Labute approximate surface area is 102 Å². The van der Waals surface area contributed by atoms with Gasteiger partial charge in [0.15, 0.2) is 0 Å². The maximum atomic E-state index is 6.07. The van der Waals surface area contributed by atoms with E-state index in [0.29, 0.717) is 24.0 Å². The van der Waals surface area contributed by atoms with Crippen molar-refractivity contribution in [1.82, 2.24) is 5.06 Å². The molecule has 0 amide bonds. The van der Waals surface area contributed by atoms with Gasteiger partial charge in [0.2, 0.25) is 0 Å². The van der Waals surface area contributed by atoms with E-state index < -0.39 is 0 Å². The molecule has 2 nitrogen and oxygen atoms in total. The fourth-order valence-corrected chi connectivity index (χ4v) is 3.96. The molecule has 2 fully saturated rings. The molecule has 3 aliphatic rings. The molecular weight excluding hydrogens is 210 g/mol. The quantitative estimate of drug-likeness (QED) is 0.684. The minimum Gasteiger partial charge on any atom is -0.294 e. The Kier molecular flexibility index (Phi) is 1.99. The van der Waals surface area contributed by atoms with Crippen molar-refractivity contribution in [2.75, 3.05) is 7.05 Å². The lowest BCUT2D eigenvalue weighted by Crippen LogP contribution is -2.24. The largest absolute Gasteiger partial charge is 0.294 e. The van der Waals surface area contributed by atoms with Gasteiger partial charge in [-0.2, -0.15) is 5.06 Å². The Morgan fingerprint density at radius 3 is 2.71 bits per heavy atom. The highest BCUT2D eigenvalue weighted by Crippen LogP contribution is 2.55. The second kappa shape index (κ2) is 3.44. The van der Waals surface area contributed by atoms with Crippen LogP contribution in [-0.2, 0) is 4.84 Å². The van der Waals surface area contributed by atoms with Crippen molar-refractivity contribution in [3.05, 3.63) is 48.0 Å². The van der Waals surface area contributed by atoms with Gasteiger partial charge in [0, 0.05) is 18.9 Å². The first-order valence-corrected chi connectivity index (χ1v) is 6.47. The van der Waals surface area contributed by atoms with E-state index in [2.05, 4.69) is 54.6 Å². The lowest BCUT2D eigenvalue weighted by atomic mass is 9.82. The summed E-state index contributed by atoms with van der Waals surface area (Å²) >= 11 is 0. The fraction of sp³-hybridized carbons (Fsp3) is 0.467. The molecule has 1 saturated carbocycles. The highest BCUT2D eigenvalue weighted by Gasteiger charge is 2.55. The molecule has 0 radical (unpaired) electrons. The second-order valence-corrected chi connectivity index (χ2v) is 5.50. The van der Waals surface area contributed by atoms with Gasteiger partial charge in [-0.1, -0.05) is 42.5 Å². The summed E-state index contributed by atoms with van der Waals surface area (Å²) in [6, 6.07) is 11.2. The molecule has 0 N–H and O–H groups in total. The van der Waals surface area contributed by atoms with E-state index in [1.54, 1.807) is 0 Å². The molecule has 1 saturated heterocycles. The molecule has 0 aromatic heterocycles. The SMILES string of the molecule is CN1O[C@H]2[C@@H]([C@H]1c1ccccc1)[C@H]1C=C[C@H]2C1. The molecular formula is C15H17NO. The average Bonchev–Trinajstić information content (AvgIpc) is 3.00. The number of hydrogen-bond acceptors (Lipinski definition) is 2. The zero-order valence-corrected chi connectivity index (χ0v) is 9.99. The number of allylic oxidation sites excluding steroid dienone is 1. The molecule has 2 aliphatic carbocycles. The van der Waals surface area contributed by atoms with Crippen LogP contribution in [0.4, 0.5) is 0 Å². The Balaban J connectivity index is 1.74. The molecule has 4 rings (SSSR count). The minimum atomic E-state index is 0.417. The normalized spacial score (nSPS) is 43.2. The van der Waals surface area contributed by atoms with Crippen LogP contribution in [0.3, 0.4) is 0 Å². The third-order valence-corrected chi connectivity index (χ3v) is 4.63. The van der Waals surface area contributed by atoms with Crippen LogP contribution in [0.5, 0.6) is 0 Å². The number of rotatable bonds is 1.